The number of pyridine rings is 1. The summed E-state index contributed by atoms with van der Waals surface area (Å²) in [6, 6.07) is 3.86. The quantitative estimate of drug-likeness (QED) is 0.694. The number of aromatic amines is 1. The summed E-state index contributed by atoms with van der Waals surface area (Å²) in [6.07, 6.45) is 2.73. The standard InChI is InChI=1S/C12H7F2N3O/c13-8-1-2-9-11(10(8)14)17-12(16-9)6-3-7(18)5-15-4-6/h1-5,18H,(H,16,17). The Kier molecular flexibility index (Phi) is 2.22. The SMILES string of the molecule is Oc1cncc(-c2nc3c(F)c(F)ccc3[nH]2)c1. The Morgan fingerprint density at radius 1 is 1.17 bits per heavy atom. The molecule has 6 heteroatoms. The van der Waals surface area contributed by atoms with E-state index in [4.69, 9.17) is 0 Å². The molecule has 4 nitrogen and oxygen atoms in total. The van der Waals surface area contributed by atoms with Crippen LogP contribution in [-0.4, -0.2) is 20.1 Å². The Morgan fingerprint density at radius 2 is 2.00 bits per heavy atom. The third kappa shape index (κ3) is 1.58. The fraction of sp³-hybridized carbons (Fsp3) is 0. The Hall–Kier alpha value is -2.50. The van der Waals surface area contributed by atoms with Crippen LogP contribution in [0.1, 0.15) is 0 Å². The van der Waals surface area contributed by atoms with E-state index in [9.17, 15) is 13.9 Å². The first-order chi connectivity index (χ1) is 8.65. The number of nitrogens with zero attached hydrogens (tertiary/aromatic N) is 2. The lowest BCUT2D eigenvalue weighted by Crippen LogP contribution is -1.84. The highest BCUT2D eigenvalue weighted by Crippen LogP contribution is 2.24. The first-order valence-electron chi connectivity index (χ1n) is 5.13. The molecule has 0 bridgehead atoms. The highest BCUT2D eigenvalue weighted by molar-refractivity contribution is 5.80. The van der Waals surface area contributed by atoms with Gasteiger partial charge in [-0.15, -0.1) is 0 Å². The first kappa shape index (κ1) is 10.6. The van der Waals surface area contributed by atoms with E-state index in [1.807, 2.05) is 0 Å². The Morgan fingerprint density at radius 3 is 2.78 bits per heavy atom. The number of hydrogen-bond donors (Lipinski definition) is 2. The first-order valence-corrected chi connectivity index (χ1v) is 5.13. The normalized spacial score (nSPS) is 11.0. The minimum atomic E-state index is -0.997. The molecule has 0 spiro atoms. The Bertz CT molecular complexity index is 739. The Labute approximate surface area is 99.9 Å². The second kappa shape index (κ2) is 3.76. The molecule has 3 rings (SSSR count). The summed E-state index contributed by atoms with van der Waals surface area (Å²) in [6.45, 7) is 0. The van der Waals surface area contributed by atoms with E-state index in [1.54, 1.807) is 0 Å². The van der Waals surface area contributed by atoms with Gasteiger partial charge in [0.25, 0.3) is 0 Å². The number of nitrogens with one attached hydrogen (secondary N) is 1. The molecule has 3 aromatic rings. The largest absolute Gasteiger partial charge is 0.506 e. The van der Waals surface area contributed by atoms with Gasteiger partial charge in [-0.1, -0.05) is 0 Å². The number of hydrogen-bond acceptors (Lipinski definition) is 3. The van der Waals surface area contributed by atoms with Crippen molar-refractivity contribution in [1.29, 1.82) is 0 Å². The number of aromatic nitrogens is 3. The minimum absolute atomic E-state index is 0.0281. The molecule has 0 atom stereocenters. The van der Waals surface area contributed by atoms with Gasteiger partial charge in [-0.3, -0.25) is 4.98 Å². The number of aromatic hydroxyl groups is 1. The van der Waals surface area contributed by atoms with Crippen molar-refractivity contribution in [2.75, 3.05) is 0 Å². The van der Waals surface area contributed by atoms with Gasteiger partial charge in [-0.05, 0) is 18.2 Å². The molecule has 18 heavy (non-hydrogen) atoms. The van der Waals surface area contributed by atoms with Crippen molar-refractivity contribution in [3.05, 3.63) is 42.2 Å². The van der Waals surface area contributed by atoms with Crippen LogP contribution in [0.5, 0.6) is 5.75 Å². The lowest BCUT2D eigenvalue weighted by atomic mass is 10.2. The van der Waals surface area contributed by atoms with Crippen LogP contribution in [-0.2, 0) is 0 Å². The molecular weight excluding hydrogens is 240 g/mol. The fourth-order valence-corrected chi connectivity index (χ4v) is 1.71. The topological polar surface area (TPSA) is 61.8 Å². The van der Waals surface area contributed by atoms with Gasteiger partial charge < -0.3 is 10.1 Å². The number of rotatable bonds is 1. The van der Waals surface area contributed by atoms with E-state index in [-0.39, 0.29) is 11.3 Å². The van der Waals surface area contributed by atoms with Crippen LogP contribution < -0.4 is 0 Å². The maximum Gasteiger partial charge on any atom is 0.186 e. The molecule has 0 aliphatic rings. The molecule has 2 aromatic heterocycles. The third-order valence-corrected chi connectivity index (χ3v) is 2.54. The molecule has 0 amide bonds. The summed E-state index contributed by atoms with van der Waals surface area (Å²) >= 11 is 0. The van der Waals surface area contributed by atoms with Gasteiger partial charge in [0.2, 0.25) is 0 Å². The van der Waals surface area contributed by atoms with Gasteiger partial charge >= 0.3 is 0 Å². The molecular formula is C12H7F2N3O. The molecule has 0 aliphatic heterocycles. The van der Waals surface area contributed by atoms with Crippen LogP contribution in [0.2, 0.25) is 0 Å². The number of H-pyrrole nitrogens is 1. The van der Waals surface area contributed by atoms with Crippen molar-refractivity contribution in [2.45, 2.75) is 0 Å². The van der Waals surface area contributed by atoms with Gasteiger partial charge in [-0.2, -0.15) is 0 Å². The summed E-state index contributed by atoms with van der Waals surface area (Å²) in [5, 5.41) is 9.31. The Balaban J connectivity index is 2.23. The van der Waals surface area contributed by atoms with Crippen molar-refractivity contribution in [3.63, 3.8) is 0 Å². The average Bonchev–Trinajstić information content (AvgIpc) is 2.79. The van der Waals surface area contributed by atoms with Crippen LogP contribution in [0, 0.1) is 11.6 Å². The predicted octanol–water partition coefficient (Wildman–Crippen LogP) is 2.61. The lowest BCUT2D eigenvalue weighted by Gasteiger charge is -1.95. The van der Waals surface area contributed by atoms with Gasteiger partial charge in [-0.25, -0.2) is 13.8 Å². The van der Waals surface area contributed by atoms with E-state index in [0.717, 1.165) is 6.07 Å². The highest BCUT2D eigenvalue weighted by atomic mass is 19.2. The summed E-state index contributed by atoms with van der Waals surface area (Å²) < 4.78 is 26.5. The van der Waals surface area contributed by atoms with Crippen LogP contribution in [0.4, 0.5) is 8.78 Å². The molecule has 1 aromatic carbocycles. The summed E-state index contributed by atoms with van der Waals surface area (Å²) in [4.78, 5) is 10.6. The number of halogens is 2. The number of imidazole rings is 1. The molecule has 0 fully saturated rings. The second-order valence-electron chi connectivity index (χ2n) is 3.77. The molecule has 0 aliphatic carbocycles. The summed E-state index contributed by atoms with van der Waals surface area (Å²) in [7, 11) is 0. The zero-order chi connectivity index (χ0) is 12.7. The molecule has 2 N–H and O–H groups in total. The minimum Gasteiger partial charge on any atom is -0.506 e. The van der Waals surface area contributed by atoms with E-state index < -0.39 is 11.6 Å². The predicted molar refractivity (Wildman–Crippen MR) is 60.9 cm³/mol. The molecule has 0 saturated heterocycles. The maximum absolute atomic E-state index is 13.5. The van der Waals surface area contributed by atoms with E-state index in [1.165, 1.54) is 24.5 Å². The van der Waals surface area contributed by atoms with Crippen molar-refractivity contribution < 1.29 is 13.9 Å². The number of benzene rings is 1. The van der Waals surface area contributed by atoms with Crippen molar-refractivity contribution in [1.82, 2.24) is 15.0 Å². The van der Waals surface area contributed by atoms with Crippen LogP contribution in [0.25, 0.3) is 22.4 Å². The number of fused-ring (bicyclic) bond motifs is 1. The average molecular weight is 247 g/mol. The van der Waals surface area contributed by atoms with Gasteiger partial charge in [0.1, 0.15) is 17.1 Å². The van der Waals surface area contributed by atoms with Crippen LogP contribution in [0.15, 0.2) is 30.6 Å². The lowest BCUT2D eigenvalue weighted by molar-refractivity contribution is 0.473. The fourth-order valence-electron chi connectivity index (χ4n) is 1.71. The summed E-state index contributed by atoms with van der Waals surface area (Å²) in [5.74, 6) is -1.66. The van der Waals surface area contributed by atoms with E-state index in [2.05, 4.69) is 15.0 Å². The molecule has 0 saturated carbocycles. The van der Waals surface area contributed by atoms with Crippen molar-refractivity contribution >= 4 is 11.0 Å². The van der Waals surface area contributed by atoms with E-state index in [0.29, 0.717) is 16.9 Å². The zero-order valence-corrected chi connectivity index (χ0v) is 8.98. The maximum atomic E-state index is 13.5. The zero-order valence-electron chi connectivity index (χ0n) is 8.98. The molecule has 0 unspecified atom stereocenters. The van der Waals surface area contributed by atoms with Gasteiger partial charge in [0, 0.05) is 11.8 Å². The second-order valence-corrected chi connectivity index (χ2v) is 3.77. The van der Waals surface area contributed by atoms with Crippen LogP contribution in [0.3, 0.4) is 0 Å². The van der Waals surface area contributed by atoms with E-state index >= 15 is 0 Å². The summed E-state index contributed by atoms with van der Waals surface area (Å²) in [5.41, 5.74) is 0.798. The monoisotopic (exact) mass is 247 g/mol. The van der Waals surface area contributed by atoms with Gasteiger partial charge in [0.05, 0.1) is 11.7 Å². The molecule has 90 valence electrons. The molecule has 2 heterocycles. The van der Waals surface area contributed by atoms with Crippen LogP contribution >= 0.6 is 0 Å². The smallest absolute Gasteiger partial charge is 0.186 e. The molecule has 0 radical (unpaired) electrons. The van der Waals surface area contributed by atoms with Crippen molar-refractivity contribution in [3.8, 4) is 17.1 Å². The highest BCUT2D eigenvalue weighted by Gasteiger charge is 2.13. The third-order valence-electron chi connectivity index (χ3n) is 2.54. The van der Waals surface area contributed by atoms with Crippen molar-refractivity contribution in [2.24, 2.45) is 0 Å². The van der Waals surface area contributed by atoms with Gasteiger partial charge in [0.15, 0.2) is 11.6 Å².